The van der Waals surface area contributed by atoms with Crippen LogP contribution in [0.5, 0.6) is 5.75 Å². The Morgan fingerprint density at radius 1 is 1.53 bits per heavy atom. The topological polar surface area (TPSA) is 76.2 Å². The predicted octanol–water partition coefficient (Wildman–Crippen LogP) is 3.44. The van der Waals surface area contributed by atoms with Crippen molar-refractivity contribution in [3.8, 4) is 11.8 Å². The van der Waals surface area contributed by atoms with Crippen LogP contribution < -0.4 is 4.74 Å². The standard InChI is InChI=1S/C13H15FN2O3/c1-13(2,9-15)6-3-7-19-12-8-10(14)4-5-11(12)16(17)18/h4-5,8H,3,6-7H2,1-2H3. The second-order valence-electron chi connectivity index (χ2n) is 4.82. The van der Waals surface area contributed by atoms with Crippen molar-refractivity contribution < 1.29 is 14.1 Å². The Balaban J connectivity index is 2.61. The van der Waals surface area contributed by atoms with E-state index in [0.717, 1.165) is 18.2 Å². The lowest BCUT2D eigenvalue weighted by molar-refractivity contribution is -0.385. The van der Waals surface area contributed by atoms with E-state index in [4.69, 9.17) is 10.00 Å². The molecule has 0 aliphatic heterocycles. The van der Waals surface area contributed by atoms with Crippen LogP contribution in [-0.4, -0.2) is 11.5 Å². The van der Waals surface area contributed by atoms with Gasteiger partial charge >= 0.3 is 5.69 Å². The molecule has 0 heterocycles. The van der Waals surface area contributed by atoms with Crippen molar-refractivity contribution in [2.45, 2.75) is 26.7 Å². The molecule has 1 rings (SSSR count). The van der Waals surface area contributed by atoms with Gasteiger partial charge in [-0.2, -0.15) is 5.26 Å². The normalized spacial score (nSPS) is 10.8. The number of nitriles is 1. The number of ether oxygens (including phenoxy) is 1. The van der Waals surface area contributed by atoms with E-state index in [9.17, 15) is 14.5 Å². The number of halogens is 1. The number of nitro benzene ring substituents is 1. The molecule has 0 N–H and O–H groups in total. The van der Waals surface area contributed by atoms with Crippen molar-refractivity contribution in [1.29, 1.82) is 5.26 Å². The van der Waals surface area contributed by atoms with Crippen LogP contribution in [0.4, 0.5) is 10.1 Å². The van der Waals surface area contributed by atoms with E-state index in [1.165, 1.54) is 0 Å². The SMILES string of the molecule is CC(C)(C#N)CCCOc1cc(F)ccc1[N+](=O)[O-]. The smallest absolute Gasteiger partial charge is 0.311 e. The minimum atomic E-state index is -0.617. The van der Waals surface area contributed by atoms with Gasteiger partial charge in [-0.1, -0.05) is 0 Å². The van der Waals surface area contributed by atoms with E-state index >= 15 is 0 Å². The van der Waals surface area contributed by atoms with Crippen LogP contribution in [-0.2, 0) is 0 Å². The molecule has 0 aliphatic carbocycles. The highest BCUT2D eigenvalue weighted by molar-refractivity contribution is 5.46. The zero-order valence-electron chi connectivity index (χ0n) is 10.9. The summed E-state index contributed by atoms with van der Waals surface area (Å²) in [6.45, 7) is 3.81. The van der Waals surface area contributed by atoms with Crippen LogP contribution in [0.15, 0.2) is 18.2 Å². The molecule has 0 radical (unpaired) electrons. The molecule has 19 heavy (non-hydrogen) atoms. The number of nitro groups is 1. The number of hydrogen-bond acceptors (Lipinski definition) is 4. The summed E-state index contributed by atoms with van der Waals surface area (Å²) in [7, 11) is 0. The van der Waals surface area contributed by atoms with Gasteiger partial charge in [0.1, 0.15) is 5.82 Å². The molecule has 102 valence electrons. The van der Waals surface area contributed by atoms with Crippen LogP contribution in [0.1, 0.15) is 26.7 Å². The van der Waals surface area contributed by atoms with E-state index in [1.54, 1.807) is 13.8 Å². The van der Waals surface area contributed by atoms with Gasteiger partial charge in [-0.05, 0) is 32.8 Å². The Morgan fingerprint density at radius 3 is 2.79 bits per heavy atom. The third kappa shape index (κ3) is 4.54. The summed E-state index contributed by atoms with van der Waals surface area (Å²) in [6, 6.07) is 5.24. The van der Waals surface area contributed by atoms with Crippen LogP contribution in [0.2, 0.25) is 0 Å². The molecule has 0 fully saturated rings. The lowest BCUT2D eigenvalue weighted by Crippen LogP contribution is -2.10. The first-order valence-electron chi connectivity index (χ1n) is 5.84. The van der Waals surface area contributed by atoms with Crippen molar-refractivity contribution in [1.82, 2.24) is 0 Å². The predicted molar refractivity (Wildman–Crippen MR) is 67.2 cm³/mol. The maximum atomic E-state index is 13.0. The Hall–Kier alpha value is -2.16. The zero-order valence-corrected chi connectivity index (χ0v) is 10.9. The summed E-state index contributed by atoms with van der Waals surface area (Å²) in [4.78, 5) is 10.1. The minimum absolute atomic E-state index is 0.0836. The molecule has 1 aromatic carbocycles. The van der Waals surface area contributed by atoms with Gasteiger partial charge in [-0.3, -0.25) is 10.1 Å². The van der Waals surface area contributed by atoms with Crippen LogP contribution >= 0.6 is 0 Å². The van der Waals surface area contributed by atoms with Crippen LogP contribution in [0.3, 0.4) is 0 Å². The molecular formula is C13H15FN2O3. The Morgan fingerprint density at radius 2 is 2.21 bits per heavy atom. The summed E-state index contributed by atoms with van der Waals surface area (Å²) < 4.78 is 18.2. The van der Waals surface area contributed by atoms with Gasteiger partial charge in [-0.25, -0.2) is 4.39 Å². The Labute approximate surface area is 110 Å². The van der Waals surface area contributed by atoms with Gasteiger partial charge in [0, 0.05) is 12.1 Å². The summed E-state index contributed by atoms with van der Waals surface area (Å²) in [5.74, 6) is -0.669. The lowest BCUT2D eigenvalue weighted by atomic mass is 9.90. The molecule has 5 nitrogen and oxygen atoms in total. The zero-order chi connectivity index (χ0) is 14.5. The maximum Gasteiger partial charge on any atom is 0.311 e. The van der Waals surface area contributed by atoms with Crippen molar-refractivity contribution in [3.05, 3.63) is 34.1 Å². The number of nitrogens with zero attached hydrogens (tertiary/aromatic N) is 2. The fourth-order valence-electron chi connectivity index (χ4n) is 1.51. The average molecular weight is 266 g/mol. The molecule has 0 saturated carbocycles. The molecule has 0 atom stereocenters. The van der Waals surface area contributed by atoms with E-state index in [0.29, 0.717) is 12.8 Å². The van der Waals surface area contributed by atoms with Gasteiger partial charge in [-0.15, -0.1) is 0 Å². The number of rotatable bonds is 6. The maximum absolute atomic E-state index is 13.0. The highest BCUT2D eigenvalue weighted by atomic mass is 19.1. The molecule has 1 aromatic rings. The van der Waals surface area contributed by atoms with Crippen LogP contribution in [0.25, 0.3) is 0 Å². The first-order chi connectivity index (χ1) is 8.85. The van der Waals surface area contributed by atoms with E-state index in [2.05, 4.69) is 6.07 Å². The number of hydrogen-bond donors (Lipinski definition) is 0. The first kappa shape index (κ1) is 14.9. The second-order valence-corrected chi connectivity index (χ2v) is 4.82. The molecular weight excluding hydrogens is 251 g/mol. The van der Waals surface area contributed by atoms with Crippen molar-refractivity contribution in [2.75, 3.05) is 6.61 Å². The lowest BCUT2D eigenvalue weighted by Gasteiger charge is -2.14. The fraction of sp³-hybridized carbons (Fsp3) is 0.462. The van der Waals surface area contributed by atoms with Crippen molar-refractivity contribution >= 4 is 5.69 Å². The van der Waals surface area contributed by atoms with E-state index in [-0.39, 0.29) is 18.0 Å². The van der Waals surface area contributed by atoms with Gasteiger partial charge in [0.25, 0.3) is 0 Å². The number of benzene rings is 1. The van der Waals surface area contributed by atoms with Gasteiger partial charge in [0.15, 0.2) is 5.75 Å². The van der Waals surface area contributed by atoms with E-state index in [1.807, 2.05) is 0 Å². The van der Waals surface area contributed by atoms with Gasteiger partial charge < -0.3 is 4.74 Å². The van der Waals surface area contributed by atoms with Gasteiger partial charge in [0.2, 0.25) is 0 Å². The molecule has 0 unspecified atom stereocenters. The molecule has 0 saturated heterocycles. The quantitative estimate of drug-likeness (QED) is 0.449. The second kappa shape index (κ2) is 6.14. The average Bonchev–Trinajstić information content (AvgIpc) is 2.34. The summed E-state index contributed by atoms with van der Waals surface area (Å²) >= 11 is 0. The first-order valence-corrected chi connectivity index (χ1v) is 5.84. The largest absolute Gasteiger partial charge is 0.487 e. The van der Waals surface area contributed by atoms with E-state index < -0.39 is 16.2 Å². The highest BCUT2D eigenvalue weighted by Gasteiger charge is 2.18. The van der Waals surface area contributed by atoms with Crippen molar-refractivity contribution in [3.63, 3.8) is 0 Å². The molecule has 6 heteroatoms. The third-order valence-electron chi connectivity index (χ3n) is 2.62. The molecule has 0 aliphatic rings. The Bertz CT molecular complexity index is 509. The fourth-order valence-corrected chi connectivity index (χ4v) is 1.51. The Kier molecular flexibility index (Phi) is 4.81. The third-order valence-corrected chi connectivity index (χ3v) is 2.62. The van der Waals surface area contributed by atoms with Crippen LogP contribution in [0, 0.1) is 32.7 Å². The van der Waals surface area contributed by atoms with Crippen molar-refractivity contribution in [2.24, 2.45) is 5.41 Å². The minimum Gasteiger partial charge on any atom is -0.487 e. The molecule has 0 amide bonds. The highest BCUT2D eigenvalue weighted by Crippen LogP contribution is 2.28. The summed E-state index contributed by atoms with van der Waals surface area (Å²) in [6.07, 6.45) is 1.17. The summed E-state index contributed by atoms with van der Waals surface area (Å²) in [5, 5.41) is 19.6. The summed E-state index contributed by atoms with van der Waals surface area (Å²) in [5.41, 5.74) is -0.724. The monoisotopic (exact) mass is 266 g/mol. The molecule has 0 aromatic heterocycles. The molecule has 0 spiro atoms. The van der Waals surface area contributed by atoms with Gasteiger partial charge in [0.05, 0.1) is 23.0 Å². The molecule has 0 bridgehead atoms.